The number of halogens is 6. The molecule has 0 heterocycles. The minimum absolute atomic E-state index is 0.0982. The first-order valence-electron chi connectivity index (χ1n) is 8.86. The van der Waals surface area contributed by atoms with Crippen LogP contribution in [-0.4, -0.2) is 37.0 Å². The summed E-state index contributed by atoms with van der Waals surface area (Å²) in [5, 5.41) is 0. The summed E-state index contributed by atoms with van der Waals surface area (Å²) in [5.41, 5.74) is 0. The van der Waals surface area contributed by atoms with Crippen molar-refractivity contribution in [2.75, 3.05) is 37.0 Å². The molecule has 0 aliphatic heterocycles. The van der Waals surface area contributed by atoms with Crippen LogP contribution in [0.2, 0.25) is 0 Å². The molecule has 0 spiro atoms. The Bertz CT molecular complexity index is 475. The third-order valence-electron chi connectivity index (χ3n) is 3.87. The van der Waals surface area contributed by atoms with Crippen molar-refractivity contribution in [1.82, 2.24) is 0 Å². The van der Waals surface area contributed by atoms with Crippen molar-refractivity contribution < 1.29 is 34.6 Å². The van der Waals surface area contributed by atoms with E-state index < -0.39 is 33.6 Å². The predicted octanol–water partition coefficient (Wildman–Crippen LogP) is 7.46. The molecule has 0 nitrogen and oxygen atoms in total. The topological polar surface area (TPSA) is 0 Å². The summed E-state index contributed by atoms with van der Waals surface area (Å²) in [6.45, 7) is 13.7. The molecule has 0 amide bonds. The average molecular weight is 542 g/mol. The molecule has 0 aromatic heterocycles. The second-order valence-corrected chi connectivity index (χ2v) is 13.3. The van der Waals surface area contributed by atoms with Crippen LogP contribution in [0.15, 0.2) is 0 Å². The van der Waals surface area contributed by atoms with Crippen LogP contribution in [0.1, 0.15) is 41.5 Å². The van der Waals surface area contributed by atoms with Gasteiger partial charge in [-0.05, 0) is 37.0 Å². The standard InChI is InChI=1S/C6F5.2C6H15P.BrH.Ni/c7-2-1-3(8)5(10)6(11)4(2)9;2*1-4-7(5-2)6-3;;/h;2*4-6H2,1-3H3;1H;/q;;;;+1/p-1. The molecule has 0 saturated carbocycles. The van der Waals surface area contributed by atoms with Gasteiger partial charge in [-0.3, -0.25) is 0 Å². The molecule has 0 unspecified atom stereocenters. The Hall–Kier alpha value is 0.704. The second kappa shape index (κ2) is 17.6. The molecule has 0 atom stereocenters. The van der Waals surface area contributed by atoms with Crippen LogP contribution in [0.4, 0.5) is 22.0 Å². The maximum atomic E-state index is 12.6. The van der Waals surface area contributed by atoms with Gasteiger partial charge >= 0.3 is 82.5 Å². The zero-order valence-electron chi connectivity index (χ0n) is 16.7. The fourth-order valence-corrected chi connectivity index (χ4v) is 5.93. The minimum atomic E-state index is -2.15. The SMILES string of the molecule is CCP(CC)CC.CCP(CC)CC.Fc1c(F)c(F)[c]([Ni][Br])c(F)c1F. The molecule has 0 saturated heterocycles. The first-order chi connectivity index (χ1) is 12.7. The van der Waals surface area contributed by atoms with Gasteiger partial charge in [-0.1, -0.05) is 41.5 Å². The van der Waals surface area contributed by atoms with E-state index >= 15 is 0 Å². The van der Waals surface area contributed by atoms with E-state index in [9.17, 15) is 22.0 Å². The van der Waals surface area contributed by atoms with Crippen LogP contribution in [-0.2, 0) is 12.7 Å². The van der Waals surface area contributed by atoms with Crippen molar-refractivity contribution in [3.8, 4) is 0 Å². The quantitative estimate of drug-likeness (QED) is 0.110. The van der Waals surface area contributed by atoms with Crippen molar-refractivity contribution in [3.63, 3.8) is 0 Å². The Kier molecular flexibility index (Phi) is 19.4. The number of hydrogen-bond acceptors (Lipinski definition) is 0. The van der Waals surface area contributed by atoms with Crippen molar-refractivity contribution in [3.05, 3.63) is 29.1 Å². The van der Waals surface area contributed by atoms with Gasteiger partial charge in [-0.15, -0.1) is 15.8 Å². The van der Waals surface area contributed by atoms with Crippen LogP contribution >= 0.6 is 30.1 Å². The summed E-state index contributed by atoms with van der Waals surface area (Å²) in [6, 6.07) is 0. The number of benzene rings is 1. The molecule has 0 N–H and O–H groups in total. The van der Waals surface area contributed by atoms with E-state index in [0.29, 0.717) is 15.8 Å². The molecule has 0 aliphatic rings. The third kappa shape index (κ3) is 10.9. The molecule has 27 heavy (non-hydrogen) atoms. The van der Waals surface area contributed by atoms with Gasteiger partial charge in [0.2, 0.25) is 0 Å². The molecular weight excluding hydrogens is 512 g/mol. The first-order valence-corrected chi connectivity index (χ1v) is 15.6. The van der Waals surface area contributed by atoms with E-state index in [4.69, 9.17) is 0 Å². The third-order valence-corrected chi connectivity index (χ3v) is 10.9. The van der Waals surface area contributed by atoms with Gasteiger partial charge in [-0.2, -0.15) is 0 Å². The second-order valence-electron chi connectivity index (χ2n) is 5.15. The van der Waals surface area contributed by atoms with E-state index in [-0.39, 0.29) is 12.7 Å². The Morgan fingerprint density at radius 1 is 0.556 bits per heavy atom. The molecule has 0 fully saturated rings. The normalized spacial score (nSPS) is 10.6. The number of rotatable bonds is 7. The zero-order chi connectivity index (χ0) is 21.6. The zero-order valence-corrected chi connectivity index (χ0v) is 21.1. The fraction of sp³-hybridized carbons (Fsp3) is 0.667. The molecule has 164 valence electrons. The van der Waals surface area contributed by atoms with Gasteiger partial charge in [0, 0.05) is 0 Å². The van der Waals surface area contributed by atoms with Crippen LogP contribution < -0.4 is 4.53 Å². The summed E-state index contributed by atoms with van der Waals surface area (Å²) < 4.78 is 61.5. The van der Waals surface area contributed by atoms with Crippen LogP contribution in [0, 0.1) is 29.1 Å². The molecular formula is C18H30BrF5NiP2. The van der Waals surface area contributed by atoms with E-state index in [1.165, 1.54) is 37.0 Å². The van der Waals surface area contributed by atoms with Gasteiger partial charge in [-0.25, -0.2) is 0 Å². The molecule has 9 heteroatoms. The molecule has 0 radical (unpaired) electrons. The van der Waals surface area contributed by atoms with Crippen molar-refractivity contribution in [2.45, 2.75) is 41.5 Å². The fourth-order valence-electron chi connectivity index (χ4n) is 1.96. The van der Waals surface area contributed by atoms with Crippen LogP contribution in [0.3, 0.4) is 0 Å². The Balaban J connectivity index is 0. The Labute approximate surface area is 176 Å². The van der Waals surface area contributed by atoms with Gasteiger partial charge in [0.15, 0.2) is 0 Å². The molecule has 0 aliphatic carbocycles. The van der Waals surface area contributed by atoms with E-state index in [2.05, 4.69) is 55.8 Å². The van der Waals surface area contributed by atoms with Crippen LogP contribution in [0.25, 0.3) is 0 Å². The maximum absolute atomic E-state index is 12.6. The van der Waals surface area contributed by atoms with E-state index in [0.717, 1.165) is 0 Å². The van der Waals surface area contributed by atoms with Gasteiger partial charge < -0.3 is 0 Å². The summed E-state index contributed by atoms with van der Waals surface area (Å²) >= 11 is 2.65. The summed E-state index contributed by atoms with van der Waals surface area (Å²) in [6.07, 6.45) is 8.51. The van der Waals surface area contributed by atoms with Crippen molar-refractivity contribution in [1.29, 1.82) is 0 Å². The van der Waals surface area contributed by atoms with E-state index in [1.54, 1.807) is 0 Å². The molecule has 0 bridgehead atoms. The predicted molar refractivity (Wildman–Crippen MR) is 112 cm³/mol. The average Bonchev–Trinajstić information content (AvgIpc) is 2.69. The molecule has 1 rings (SSSR count). The van der Waals surface area contributed by atoms with Crippen LogP contribution in [0.5, 0.6) is 0 Å². The van der Waals surface area contributed by atoms with Crippen molar-refractivity contribution >= 4 is 34.6 Å². The monoisotopic (exact) mass is 540 g/mol. The van der Waals surface area contributed by atoms with E-state index in [1.807, 2.05) is 0 Å². The van der Waals surface area contributed by atoms with Gasteiger partial charge in [0.1, 0.15) is 0 Å². The first kappa shape index (κ1) is 29.9. The summed E-state index contributed by atoms with van der Waals surface area (Å²) in [4.78, 5) is 0. The number of hydrogen-bond donors (Lipinski definition) is 0. The Morgan fingerprint density at radius 3 is 0.926 bits per heavy atom. The summed E-state index contributed by atoms with van der Waals surface area (Å²) in [5.74, 6) is -9.68. The summed E-state index contributed by atoms with van der Waals surface area (Å²) in [7, 11) is 0.892. The molecule has 1 aromatic rings. The van der Waals surface area contributed by atoms with Gasteiger partial charge in [0.25, 0.3) is 0 Å². The molecule has 1 aromatic carbocycles. The van der Waals surface area contributed by atoms with Crippen molar-refractivity contribution in [2.24, 2.45) is 0 Å². The Morgan fingerprint density at radius 2 is 0.778 bits per heavy atom. The van der Waals surface area contributed by atoms with Gasteiger partial charge in [0.05, 0.1) is 0 Å².